The summed E-state index contributed by atoms with van der Waals surface area (Å²) in [5, 5.41) is 0.534. The van der Waals surface area contributed by atoms with Crippen LogP contribution in [0.1, 0.15) is 41.6 Å². The molecule has 0 N–H and O–H groups in total. The molecule has 8 nitrogen and oxygen atoms in total. The predicted octanol–water partition coefficient (Wildman–Crippen LogP) is 4.50. The Balaban J connectivity index is 1.62. The molecule has 2 aromatic heterocycles. The SMILES string of the molecule is CCOC(=O)C1=C(C)N=c2s/c(=C/c3ccc(-c4ccccc4C(=O)OC)o3)c(=O)n2C1c1ccc(Cl)cc1. The minimum Gasteiger partial charge on any atom is -0.465 e. The second-order valence-electron chi connectivity index (χ2n) is 8.59. The van der Waals surface area contributed by atoms with Gasteiger partial charge in [0.05, 0.1) is 41.1 Å². The molecular formula is C29H23ClN2O6S. The third-order valence-corrected chi connectivity index (χ3v) is 7.44. The topological polar surface area (TPSA) is 100 Å². The number of nitrogens with zero attached hydrogens (tertiary/aromatic N) is 2. The number of furan rings is 1. The number of methoxy groups -OCH3 is 1. The van der Waals surface area contributed by atoms with Gasteiger partial charge in [-0.1, -0.05) is 53.3 Å². The molecule has 0 saturated carbocycles. The number of carbonyl (C=O) groups excluding carboxylic acids is 2. The fraction of sp³-hybridized carbons (Fsp3) is 0.172. The Morgan fingerprint density at radius 1 is 1.10 bits per heavy atom. The number of fused-ring (bicyclic) bond motifs is 1. The summed E-state index contributed by atoms with van der Waals surface area (Å²) in [5.41, 5.74) is 2.07. The zero-order valence-corrected chi connectivity index (χ0v) is 22.8. The fourth-order valence-electron chi connectivity index (χ4n) is 4.44. The van der Waals surface area contributed by atoms with Crippen LogP contribution in [0.3, 0.4) is 0 Å². The highest BCUT2D eigenvalue weighted by Crippen LogP contribution is 2.31. The molecule has 0 saturated heterocycles. The Hall–Kier alpha value is -4.21. The van der Waals surface area contributed by atoms with Crippen molar-refractivity contribution in [1.82, 2.24) is 4.57 Å². The summed E-state index contributed by atoms with van der Waals surface area (Å²) in [6.07, 6.45) is 1.62. The number of hydrogen-bond acceptors (Lipinski definition) is 8. The van der Waals surface area contributed by atoms with Crippen LogP contribution in [0, 0.1) is 0 Å². The second kappa shape index (κ2) is 10.9. The lowest BCUT2D eigenvalue weighted by atomic mass is 9.96. The molecule has 39 heavy (non-hydrogen) atoms. The van der Waals surface area contributed by atoms with Crippen LogP contribution in [0.5, 0.6) is 0 Å². The Kier molecular flexibility index (Phi) is 7.36. The summed E-state index contributed by atoms with van der Waals surface area (Å²) in [5.74, 6) is -0.145. The maximum Gasteiger partial charge on any atom is 0.338 e. The quantitative estimate of drug-likeness (QED) is 0.321. The van der Waals surface area contributed by atoms with Crippen LogP contribution < -0.4 is 14.9 Å². The zero-order chi connectivity index (χ0) is 27.7. The molecule has 5 rings (SSSR count). The minimum atomic E-state index is -0.737. The average Bonchev–Trinajstić information content (AvgIpc) is 3.52. The molecule has 1 aliphatic rings. The first-order valence-corrected chi connectivity index (χ1v) is 13.2. The molecule has 1 atom stereocenters. The minimum absolute atomic E-state index is 0.188. The molecule has 0 radical (unpaired) electrons. The summed E-state index contributed by atoms with van der Waals surface area (Å²) in [6, 6.07) is 16.6. The van der Waals surface area contributed by atoms with E-state index in [9.17, 15) is 14.4 Å². The molecule has 2 aromatic carbocycles. The van der Waals surface area contributed by atoms with Crippen LogP contribution in [-0.2, 0) is 14.3 Å². The largest absolute Gasteiger partial charge is 0.465 e. The summed E-state index contributed by atoms with van der Waals surface area (Å²) in [6.45, 7) is 3.64. The van der Waals surface area contributed by atoms with E-state index in [2.05, 4.69) is 4.99 Å². The van der Waals surface area contributed by atoms with E-state index >= 15 is 0 Å². The predicted molar refractivity (Wildman–Crippen MR) is 147 cm³/mol. The second-order valence-corrected chi connectivity index (χ2v) is 10.0. The zero-order valence-electron chi connectivity index (χ0n) is 21.3. The lowest BCUT2D eigenvalue weighted by Crippen LogP contribution is -2.39. The maximum atomic E-state index is 13.7. The van der Waals surface area contributed by atoms with Crippen LogP contribution in [0.15, 0.2) is 86.1 Å². The van der Waals surface area contributed by atoms with E-state index < -0.39 is 18.0 Å². The number of esters is 2. The Morgan fingerprint density at radius 3 is 2.56 bits per heavy atom. The third kappa shape index (κ3) is 4.98. The van der Waals surface area contributed by atoms with Gasteiger partial charge in [0.15, 0.2) is 4.80 Å². The first kappa shape index (κ1) is 26.4. The van der Waals surface area contributed by atoms with Gasteiger partial charge >= 0.3 is 11.9 Å². The number of halogens is 1. The first-order chi connectivity index (χ1) is 18.8. The summed E-state index contributed by atoms with van der Waals surface area (Å²) in [4.78, 5) is 43.9. The number of benzene rings is 2. The lowest BCUT2D eigenvalue weighted by Gasteiger charge is -2.24. The maximum absolute atomic E-state index is 13.7. The highest BCUT2D eigenvalue weighted by atomic mass is 35.5. The van der Waals surface area contributed by atoms with Crippen molar-refractivity contribution in [2.45, 2.75) is 19.9 Å². The molecule has 1 aliphatic heterocycles. The van der Waals surface area contributed by atoms with E-state index in [0.717, 1.165) is 0 Å². The molecule has 0 amide bonds. The molecule has 0 aliphatic carbocycles. The van der Waals surface area contributed by atoms with Crippen LogP contribution in [-0.4, -0.2) is 30.2 Å². The smallest absolute Gasteiger partial charge is 0.338 e. The normalized spacial score (nSPS) is 15.1. The van der Waals surface area contributed by atoms with Gasteiger partial charge in [0.2, 0.25) is 0 Å². The van der Waals surface area contributed by atoms with E-state index in [1.54, 1.807) is 80.6 Å². The Bertz CT molecular complexity index is 1800. The van der Waals surface area contributed by atoms with Crippen molar-refractivity contribution < 1.29 is 23.5 Å². The van der Waals surface area contributed by atoms with Gasteiger partial charge in [-0.2, -0.15) is 0 Å². The fourth-order valence-corrected chi connectivity index (χ4v) is 5.59. The highest BCUT2D eigenvalue weighted by molar-refractivity contribution is 7.07. The van der Waals surface area contributed by atoms with Gasteiger partial charge in [-0.25, -0.2) is 14.6 Å². The Labute approximate surface area is 232 Å². The summed E-state index contributed by atoms with van der Waals surface area (Å²) < 4.78 is 18.1. The van der Waals surface area contributed by atoms with Crippen molar-refractivity contribution in [2.75, 3.05) is 13.7 Å². The van der Waals surface area contributed by atoms with Gasteiger partial charge in [-0.05, 0) is 49.7 Å². The van der Waals surface area contributed by atoms with Crippen LogP contribution in [0.4, 0.5) is 0 Å². The first-order valence-electron chi connectivity index (χ1n) is 12.0. The van der Waals surface area contributed by atoms with E-state index in [4.69, 9.17) is 25.5 Å². The third-order valence-electron chi connectivity index (χ3n) is 6.20. The molecule has 198 valence electrons. The molecule has 0 spiro atoms. The molecule has 0 bridgehead atoms. The van der Waals surface area contributed by atoms with Crippen molar-refractivity contribution in [1.29, 1.82) is 0 Å². The van der Waals surface area contributed by atoms with E-state index in [0.29, 0.717) is 48.3 Å². The van der Waals surface area contributed by atoms with E-state index in [1.807, 2.05) is 0 Å². The number of thiazole rings is 1. The van der Waals surface area contributed by atoms with Crippen molar-refractivity contribution >= 4 is 41.0 Å². The molecule has 1 unspecified atom stereocenters. The van der Waals surface area contributed by atoms with Gasteiger partial charge in [0.1, 0.15) is 11.5 Å². The van der Waals surface area contributed by atoms with Crippen molar-refractivity contribution in [3.8, 4) is 11.3 Å². The van der Waals surface area contributed by atoms with Gasteiger partial charge in [0.25, 0.3) is 5.56 Å². The lowest BCUT2D eigenvalue weighted by molar-refractivity contribution is -0.139. The molecule has 10 heteroatoms. The van der Waals surface area contributed by atoms with Crippen molar-refractivity contribution in [3.63, 3.8) is 0 Å². The standard InChI is InChI=1S/C29H23ClN2O6S/c1-4-37-28(35)24-16(2)31-29-32(25(24)17-9-11-18(30)12-10-17)26(33)23(39-29)15-19-13-14-22(38-19)20-7-5-6-8-21(20)27(34)36-3/h5-15,25H,4H2,1-3H3/b23-15+. The molecule has 4 aromatic rings. The number of rotatable bonds is 6. The number of ether oxygens (including phenoxy) is 2. The van der Waals surface area contributed by atoms with Crippen LogP contribution >= 0.6 is 22.9 Å². The van der Waals surface area contributed by atoms with Gasteiger partial charge in [0, 0.05) is 16.7 Å². The number of aromatic nitrogens is 1. The number of allylic oxidation sites excluding steroid dienone is 1. The van der Waals surface area contributed by atoms with Crippen molar-refractivity contribution in [3.05, 3.63) is 114 Å². The monoisotopic (exact) mass is 562 g/mol. The van der Waals surface area contributed by atoms with Crippen LogP contribution in [0.2, 0.25) is 5.02 Å². The van der Waals surface area contributed by atoms with E-state index in [-0.39, 0.29) is 17.7 Å². The highest BCUT2D eigenvalue weighted by Gasteiger charge is 2.33. The number of carbonyl (C=O) groups is 2. The summed E-state index contributed by atoms with van der Waals surface area (Å²) >= 11 is 7.29. The van der Waals surface area contributed by atoms with E-state index in [1.165, 1.54) is 23.0 Å². The number of hydrogen-bond donors (Lipinski definition) is 0. The van der Waals surface area contributed by atoms with Crippen LogP contribution in [0.25, 0.3) is 17.4 Å². The van der Waals surface area contributed by atoms with Crippen molar-refractivity contribution in [2.24, 2.45) is 4.99 Å². The summed E-state index contributed by atoms with van der Waals surface area (Å²) in [7, 11) is 1.32. The Morgan fingerprint density at radius 2 is 1.85 bits per heavy atom. The molecule has 3 heterocycles. The molecule has 0 fully saturated rings. The van der Waals surface area contributed by atoms with Gasteiger partial charge in [-0.15, -0.1) is 0 Å². The van der Waals surface area contributed by atoms with Gasteiger partial charge < -0.3 is 13.9 Å². The molecular weight excluding hydrogens is 540 g/mol. The van der Waals surface area contributed by atoms with Gasteiger partial charge in [-0.3, -0.25) is 9.36 Å². The average molecular weight is 563 g/mol.